The first-order chi connectivity index (χ1) is 8.88. The molecule has 2 rings (SSSR count). The lowest BCUT2D eigenvalue weighted by molar-refractivity contribution is 0.866. The number of hydrogen-bond acceptors (Lipinski definition) is 1. The summed E-state index contributed by atoms with van der Waals surface area (Å²) in [4.78, 5) is 0. The minimum absolute atomic E-state index is 0.206. The molecular formula is C16H17BrClN. The fourth-order valence-corrected chi connectivity index (χ4v) is 3.13. The molecule has 0 spiro atoms. The molecule has 0 saturated heterocycles. The molecule has 0 amide bonds. The highest BCUT2D eigenvalue weighted by Gasteiger charge is 2.14. The molecule has 2 N–H and O–H groups in total. The van der Waals surface area contributed by atoms with Crippen molar-refractivity contribution in [3.8, 4) is 0 Å². The van der Waals surface area contributed by atoms with Crippen molar-refractivity contribution in [2.75, 3.05) is 0 Å². The molecule has 0 fully saturated rings. The fourth-order valence-electron chi connectivity index (χ4n) is 2.17. The van der Waals surface area contributed by atoms with E-state index in [0.717, 1.165) is 20.6 Å². The molecule has 1 unspecified atom stereocenters. The third-order valence-corrected chi connectivity index (χ3v) is 4.16. The second-order valence-corrected chi connectivity index (χ2v) is 6.32. The summed E-state index contributed by atoms with van der Waals surface area (Å²) in [6.07, 6.45) is 0. The largest absolute Gasteiger partial charge is 0.320 e. The summed E-state index contributed by atoms with van der Waals surface area (Å²) in [5.74, 6) is 0. The third-order valence-electron chi connectivity index (χ3n) is 3.37. The Labute approximate surface area is 127 Å². The molecule has 19 heavy (non-hydrogen) atoms. The van der Waals surface area contributed by atoms with Crippen molar-refractivity contribution in [1.29, 1.82) is 0 Å². The van der Waals surface area contributed by atoms with Crippen molar-refractivity contribution in [2.24, 2.45) is 5.73 Å². The zero-order valence-corrected chi connectivity index (χ0v) is 13.6. The Bertz CT molecular complexity index is 602. The van der Waals surface area contributed by atoms with Crippen LogP contribution >= 0.6 is 27.5 Å². The molecule has 1 atom stereocenters. The van der Waals surface area contributed by atoms with Gasteiger partial charge in [0.25, 0.3) is 0 Å². The van der Waals surface area contributed by atoms with Crippen LogP contribution in [0.25, 0.3) is 0 Å². The summed E-state index contributed by atoms with van der Waals surface area (Å²) in [5.41, 5.74) is 12.0. The number of rotatable bonds is 2. The number of benzene rings is 2. The Hall–Kier alpha value is -0.830. The number of halogens is 2. The van der Waals surface area contributed by atoms with Gasteiger partial charge in [-0.25, -0.2) is 0 Å². The van der Waals surface area contributed by atoms with Crippen molar-refractivity contribution < 1.29 is 0 Å². The normalized spacial score (nSPS) is 12.5. The highest BCUT2D eigenvalue weighted by molar-refractivity contribution is 9.10. The van der Waals surface area contributed by atoms with E-state index in [1.54, 1.807) is 0 Å². The SMILES string of the molecule is Cc1cc(Br)cc(C(N)c2cc(C)c(C)cc2Cl)c1. The predicted molar refractivity (Wildman–Crippen MR) is 85.8 cm³/mol. The van der Waals surface area contributed by atoms with Gasteiger partial charge in [0.1, 0.15) is 0 Å². The summed E-state index contributed by atoms with van der Waals surface area (Å²) in [6.45, 7) is 6.19. The maximum absolute atomic E-state index is 6.37. The van der Waals surface area contributed by atoms with Gasteiger partial charge in [0.15, 0.2) is 0 Å². The van der Waals surface area contributed by atoms with Gasteiger partial charge >= 0.3 is 0 Å². The van der Waals surface area contributed by atoms with E-state index in [2.05, 4.69) is 54.9 Å². The molecule has 3 heteroatoms. The Morgan fingerprint density at radius 1 is 1.00 bits per heavy atom. The molecule has 100 valence electrons. The van der Waals surface area contributed by atoms with Crippen molar-refractivity contribution in [3.05, 3.63) is 67.6 Å². The van der Waals surface area contributed by atoms with Crippen LogP contribution in [-0.4, -0.2) is 0 Å². The first-order valence-corrected chi connectivity index (χ1v) is 7.35. The molecule has 0 aliphatic rings. The van der Waals surface area contributed by atoms with Crippen LogP contribution < -0.4 is 5.73 Å². The van der Waals surface area contributed by atoms with E-state index < -0.39 is 0 Å². The van der Waals surface area contributed by atoms with Gasteiger partial charge in [0.05, 0.1) is 6.04 Å². The molecule has 0 bridgehead atoms. The van der Waals surface area contributed by atoms with Crippen LogP contribution in [0.1, 0.15) is 33.9 Å². The van der Waals surface area contributed by atoms with E-state index in [1.165, 1.54) is 16.7 Å². The average Bonchev–Trinajstić information content (AvgIpc) is 2.31. The maximum atomic E-state index is 6.37. The first-order valence-electron chi connectivity index (χ1n) is 6.18. The third kappa shape index (κ3) is 3.19. The lowest BCUT2D eigenvalue weighted by Crippen LogP contribution is -2.13. The van der Waals surface area contributed by atoms with Crippen molar-refractivity contribution in [3.63, 3.8) is 0 Å². The van der Waals surface area contributed by atoms with Gasteiger partial charge in [-0.2, -0.15) is 0 Å². The standard InChI is InChI=1S/C16H17BrClN/c1-9-4-12(8-13(17)5-9)16(19)14-6-10(2)11(3)7-15(14)18/h4-8,16H,19H2,1-3H3. The van der Waals surface area contributed by atoms with E-state index in [9.17, 15) is 0 Å². The Morgan fingerprint density at radius 3 is 2.26 bits per heavy atom. The molecule has 2 aromatic carbocycles. The fraction of sp³-hybridized carbons (Fsp3) is 0.250. The van der Waals surface area contributed by atoms with Crippen molar-refractivity contribution >= 4 is 27.5 Å². The Morgan fingerprint density at radius 2 is 1.63 bits per heavy atom. The topological polar surface area (TPSA) is 26.0 Å². The second kappa shape index (κ2) is 5.66. The smallest absolute Gasteiger partial charge is 0.0567 e. The summed E-state index contributed by atoms with van der Waals surface area (Å²) in [7, 11) is 0. The first kappa shape index (κ1) is 14.6. The molecule has 1 nitrogen and oxygen atoms in total. The van der Waals surface area contributed by atoms with Crippen LogP contribution in [0.2, 0.25) is 5.02 Å². The van der Waals surface area contributed by atoms with Crippen LogP contribution in [0.15, 0.2) is 34.8 Å². The van der Waals surface area contributed by atoms with Crippen LogP contribution in [0, 0.1) is 20.8 Å². The molecular weight excluding hydrogens is 322 g/mol. The van der Waals surface area contributed by atoms with Crippen LogP contribution in [0.5, 0.6) is 0 Å². The zero-order chi connectivity index (χ0) is 14.2. The maximum Gasteiger partial charge on any atom is 0.0567 e. The lowest BCUT2D eigenvalue weighted by Gasteiger charge is -2.17. The molecule has 2 aromatic rings. The van der Waals surface area contributed by atoms with Crippen LogP contribution in [-0.2, 0) is 0 Å². The van der Waals surface area contributed by atoms with E-state index in [4.69, 9.17) is 17.3 Å². The van der Waals surface area contributed by atoms with Crippen molar-refractivity contribution in [1.82, 2.24) is 0 Å². The van der Waals surface area contributed by atoms with Gasteiger partial charge in [0.2, 0.25) is 0 Å². The zero-order valence-electron chi connectivity index (χ0n) is 11.3. The van der Waals surface area contributed by atoms with Crippen LogP contribution in [0.4, 0.5) is 0 Å². The van der Waals surface area contributed by atoms with Gasteiger partial charge in [-0.15, -0.1) is 0 Å². The lowest BCUT2D eigenvalue weighted by atomic mass is 9.95. The van der Waals surface area contributed by atoms with E-state index in [0.29, 0.717) is 0 Å². The number of nitrogens with two attached hydrogens (primary N) is 1. The molecule has 0 saturated carbocycles. The predicted octanol–water partition coefficient (Wildman–Crippen LogP) is 5.08. The molecule has 0 aromatic heterocycles. The van der Waals surface area contributed by atoms with Gasteiger partial charge in [-0.05, 0) is 66.8 Å². The summed E-state index contributed by atoms with van der Waals surface area (Å²) in [6, 6.07) is 10.1. The van der Waals surface area contributed by atoms with Gasteiger partial charge in [0, 0.05) is 9.50 Å². The van der Waals surface area contributed by atoms with E-state index >= 15 is 0 Å². The van der Waals surface area contributed by atoms with Gasteiger partial charge in [-0.1, -0.05) is 39.7 Å². The van der Waals surface area contributed by atoms with Crippen molar-refractivity contribution in [2.45, 2.75) is 26.8 Å². The van der Waals surface area contributed by atoms with Crippen LogP contribution in [0.3, 0.4) is 0 Å². The molecule has 0 aliphatic carbocycles. The number of hydrogen-bond donors (Lipinski definition) is 1. The molecule has 0 radical (unpaired) electrons. The van der Waals surface area contributed by atoms with Gasteiger partial charge in [-0.3, -0.25) is 0 Å². The minimum Gasteiger partial charge on any atom is -0.320 e. The van der Waals surface area contributed by atoms with E-state index in [1.807, 2.05) is 12.1 Å². The monoisotopic (exact) mass is 337 g/mol. The highest BCUT2D eigenvalue weighted by Crippen LogP contribution is 2.30. The summed E-state index contributed by atoms with van der Waals surface area (Å²) in [5, 5.41) is 0.730. The van der Waals surface area contributed by atoms with Gasteiger partial charge < -0.3 is 5.73 Å². The average molecular weight is 339 g/mol. The summed E-state index contributed by atoms with van der Waals surface area (Å²) >= 11 is 9.84. The molecule has 0 heterocycles. The Kier molecular flexibility index (Phi) is 4.34. The van der Waals surface area contributed by atoms with E-state index in [-0.39, 0.29) is 6.04 Å². The Balaban J connectivity index is 2.49. The summed E-state index contributed by atoms with van der Waals surface area (Å²) < 4.78 is 1.04. The molecule has 0 aliphatic heterocycles. The quantitative estimate of drug-likeness (QED) is 0.812. The minimum atomic E-state index is -0.206. The highest BCUT2D eigenvalue weighted by atomic mass is 79.9. The second-order valence-electron chi connectivity index (χ2n) is 5.00. The number of aryl methyl sites for hydroxylation is 3.